The lowest BCUT2D eigenvalue weighted by Crippen LogP contribution is -2.41. The number of nitrogens with one attached hydrogen (secondary N) is 1. The standard InChI is InChI=1S/C16H27N3O2/c1-18(2)14-7-9-19(10-8-14)15-5-3-13(4-6-15)17-11-16(21)12-20/h3-6,14,16-17,20-21H,7-12H2,1-2H3. The number of aliphatic hydroxyl groups excluding tert-OH is 2. The van der Waals surface area contributed by atoms with Crippen molar-refractivity contribution >= 4 is 11.4 Å². The highest BCUT2D eigenvalue weighted by Gasteiger charge is 2.20. The number of aliphatic hydroxyl groups is 2. The molecule has 0 aromatic heterocycles. The fourth-order valence-corrected chi connectivity index (χ4v) is 2.73. The van der Waals surface area contributed by atoms with Crippen molar-refractivity contribution in [3.63, 3.8) is 0 Å². The molecule has 118 valence electrons. The van der Waals surface area contributed by atoms with Gasteiger partial charge in [0.2, 0.25) is 0 Å². The summed E-state index contributed by atoms with van der Waals surface area (Å²) in [7, 11) is 4.31. The Balaban J connectivity index is 1.85. The van der Waals surface area contributed by atoms with Crippen molar-refractivity contribution in [3.8, 4) is 0 Å². The molecular formula is C16H27N3O2. The molecule has 1 aliphatic heterocycles. The van der Waals surface area contributed by atoms with Gasteiger partial charge in [0.25, 0.3) is 0 Å². The van der Waals surface area contributed by atoms with Crippen LogP contribution in [0.15, 0.2) is 24.3 Å². The lowest BCUT2D eigenvalue weighted by atomic mass is 10.0. The molecule has 21 heavy (non-hydrogen) atoms. The number of rotatable bonds is 6. The fourth-order valence-electron chi connectivity index (χ4n) is 2.73. The van der Waals surface area contributed by atoms with E-state index in [1.807, 2.05) is 12.1 Å². The normalized spacial score (nSPS) is 18.0. The number of hydrogen-bond donors (Lipinski definition) is 3. The molecule has 0 spiro atoms. The van der Waals surface area contributed by atoms with Crippen molar-refractivity contribution in [2.24, 2.45) is 0 Å². The van der Waals surface area contributed by atoms with E-state index >= 15 is 0 Å². The van der Waals surface area contributed by atoms with E-state index in [1.165, 1.54) is 18.5 Å². The van der Waals surface area contributed by atoms with E-state index in [0.717, 1.165) is 18.8 Å². The summed E-state index contributed by atoms with van der Waals surface area (Å²) in [5.41, 5.74) is 2.22. The highest BCUT2D eigenvalue weighted by molar-refractivity contribution is 5.55. The van der Waals surface area contributed by atoms with E-state index in [0.29, 0.717) is 12.6 Å². The highest BCUT2D eigenvalue weighted by atomic mass is 16.3. The Bertz CT molecular complexity index is 414. The van der Waals surface area contributed by atoms with E-state index in [2.05, 4.69) is 41.3 Å². The number of hydrogen-bond acceptors (Lipinski definition) is 5. The SMILES string of the molecule is CN(C)C1CCN(c2ccc(NCC(O)CO)cc2)CC1. The fraction of sp³-hybridized carbons (Fsp3) is 0.625. The van der Waals surface area contributed by atoms with Crippen LogP contribution < -0.4 is 10.2 Å². The topological polar surface area (TPSA) is 59.0 Å². The average Bonchev–Trinajstić information content (AvgIpc) is 2.53. The van der Waals surface area contributed by atoms with Crippen molar-refractivity contribution in [1.29, 1.82) is 0 Å². The first-order valence-corrected chi connectivity index (χ1v) is 7.64. The first-order valence-electron chi connectivity index (χ1n) is 7.64. The first kappa shape index (κ1) is 16.1. The summed E-state index contributed by atoms with van der Waals surface area (Å²) in [6.07, 6.45) is 1.69. The first-order chi connectivity index (χ1) is 10.1. The van der Waals surface area contributed by atoms with Gasteiger partial charge in [-0.05, 0) is 51.2 Å². The van der Waals surface area contributed by atoms with Crippen LogP contribution in [0.2, 0.25) is 0 Å². The molecule has 1 saturated heterocycles. The van der Waals surface area contributed by atoms with Crippen LogP contribution in [-0.2, 0) is 0 Å². The number of nitrogens with zero attached hydrogens (tertiary/aromatic N) is 2. The summed E-state index contributed by atoms with van der Waals surface area (Å²) in [5, 5.41) is 21.2. The van der Waals surface area contributed by atoms with E-state index in [9.17, 15) is 5.11 Å². The van der Waals surface area contributed by atoms with Crippen LogP contribution in [0.5, 0.6) is 0 Å². The van der Waals surface area contributed by atoms with Gasteiger partial charge in [0.1, 0.15) is 0 Å². The third-order valence-electron chi connectivity index (χ3n) is 4.18. The van der Waals surface area contributed by atoms with Gasteiger partial charge in [-0.3, -0.25) is 0 Å². The van der Waals surface area contributed by atoms with Crippen LogP contribution in [0.25, 0.3) is 0 Å². The van der Waals surface area contributed by atoms with Crippen molar-refractivity contribution in [2.45, 2.75) is 25.0 Å². The quantitative estimate of drug-likeness (QED) is 0.730. The molecule has 0 aliphatic carbocycles. The minimum atomic E-state index is -0.713. The third-order valence-corrected chi connectivity index (χ3v) is 4.18. The summed E-state index contributed by atoms with van der Waals surface area (Å²) >= 11 is 0. The van der Waals surface area contributed by atoms with Crippen molar-refractivity contribution in [3.05, 3.63) is 24.3 Å². The molecule has 0 amide bonds. The molecule has 1 fully saturated rings. The lowest BCUT2D eigenvalue weighted by molar-refractivity contribution is 0.105. The minimum absolute atomic E-state index is 0.216. The van der Waals surface area contributed by atoms with Gasteiger partial charge in [-0.15, -0.1) is 0 Å². The van der Waals surface area contributed by atoms with Crippen LogP contribution in [0, 0.1) is 0 Å². The molecule has 0 bridgehead atoms. The summed E-state index contributed by atoms with van der Waals surface area (Å²) in [4.78, 5) is 4.74. The molecule has 1 atom stereocenters. The van der Waals surface area contributed by atoms with Gasteiger partial charge in [0.15, 0.2) is 0 Å². The third kappa shape index (κ3) is 4.59. The molecule has 5 heteroatoms. The molecule has 1 unspecified atom stereocenters. The van der Waals surface area contributed by atoms with Crippen molar-refractivity contribution in [2.75, 3.05) is 50.6 Å². The van der Waals surface area contributed by atoms with Crippen LogP contribution in [-0.4, -0.2) is 67.6 Å². The maximum Gasteiger partial charge on any atom is 0.0942 e. The number of anilines is 2. The predicted octanol–water partition coefficient (Wildman–Crippen LogP) is 0.982. The summed E-state index contributed by atoms with van der Waals surface area (Å²) in [6, 6.07) is 8.98. The van der Waals surface area contributed by atoms with Gasteiger partial charge < -0.3 is 25.3 Å². The maximum absolute atomic E-state index is 9.32. The smallest absolute Gasteiger partial charge is 0.0942 e. The Labute approximate surface area is 127 Å². The van der Waals surface area contributed by atoms with E-state index in [-0.39, 0.29) is 6.61 Å². The predicted molar refractivity (Wildman–Crippen MR) is 86.9 cm³/mol. The molecule has 0 saturated carbocycles. The maximum atomic E-state index is 9.32. The highest BCUT2D eigenvalue weighted by Crippen LogP contribution is 2.23. The Morgan fingerprint density at radius 2 is 1.86 bits per heavy atom. The molecule has 2 rings (SSSR count). The van der Waals surface area contributed by atoms with Crippen LogP contribution in [0.1, 0.15) is 12.8 Å². The van der Waals surface area contributed by atoms with Gasteiger partial charge in [-0.1, -0.05) is 0 Å². The average molecular weight is 293 g/mol. The van der Waals surface area contributed by atoms with Crippen LogP contribution in [0.3, 0.4) is 0 Å². The zero-order valence-corrected chi connectivity index (χ0v) is 13.0. The number of piperidine rings is 1. The van der Waals surface area contributed by atoms with Crippen LogP contribution >= 0.6 is 0 Å². The molecule has 5 nitrogen and oxygen atoms in total. The minimum Gasteiger partial charge on any atom is -0.394 e. The van der Waals surface area contributed by atoms with Gasteiger partial charge in [0, 0.05) is 37.1 Å². The zero-order chi connectivity index (χ0) is 15.2. The Morgan fingerprint density at radius 1 is 1.24 bits per heavy atom. The molecular weight excluding hydrogens is 266 g/mol. The van der Waals surface area contributed by atoms with Crippen LogP contribution in [0.4, 0.5) is 11.4 Å². The van der Waals surface area contributed by atoms with E-state index < -0.39 is 6.10 Å². The van der Waals surface area contributed by atoms with Gasteiger partial charge in [-0.2, -0.15) is 0 Å². The second-order valence-electron chi connectivity index (χ2n) is 5.95. The molecule has 1 aromatic carbocycles. The largest absolute Gasteiger partial charge is 0.394 e. The Kier molecular flexibility index (Phi) is 5.85. The summed E-state index contributed by atoms with van der Waals surface area (Å²) < 4.78 is 0. The molecule has 1 aromatic rings. The summed E-state index contributed by atoms with van der Waals surface area (Å²) in [6.45, 7) is 2.34. The Hall–Kier alpha value is -1.30. The van der Waals surface area contributed by atoms with Crippen molar-refractivity contribution < 1.29 is 10.2 Å². The van der Waals surface area contributed by atoms with E-state index in [4.69, 9.17) is 5.11 Å². The van der Waals surface area contributed by atoms with Crippen molar-refractivity contribution in [1.82, 2.24) is 4.90 Å². The Morgan fingerprint density at radius 3 is 2.38 bits per heavy atom. The van der Waals surface area contributed by atoms with Gasteiger partial charge in [-0.25, -0.2) is 0 Å². The monoisotopic (exact) mass is 293 g/mol. The van der Waals surface area contributed by atoms with Gasteiger partial charge >= 0.3 is 0 Å². The lowest BCUT2D eigenvalue weighted by Gasteiger charge is -2.36. The van der Waals surface area contributed by atoms with Gasteiger partial charge in [0.05, 0.1) is 12.7 Å². The summed E-state index contributed by atoms with van der Waals surface area (Å²) in [5.74, 6) is 0. The zero-order valence-electron chi connectivity index (χ0n) is 13.0. The number of benzene rings is 1. The molecule has 1 aliphatic rings. The molecule has 3 N–H and O–H groups in total. The molecule has 0 radical (unpaired) electrons. The second kappa shape index (κ2) is 7.64. The second-order valence-corrected chi connectivity index (χ2v) is 5.95. The van der Waals surface area contributed by atoms with E-state index in [1.54, 1.807) is 0 Å². The molecule has 1 heterocycles.